The Kier molecular flexibility index (Phi) is 3.31. The second-order valence-corrected chi connectivity index (χ2v) is 10.4. The summed E-state index contributed by atoms with van der Waals surface area (Å²) in [4.78, 5) is 7.97. The molecule has 0 bridgehead atoms. The highest BCUT2D eigenvalue weighted by Gasteiger charge is 2.16. The lowest BCUT2D eigenvalue weighted by Gasteiger charge is -2.16. The van der Waals surface area contributed by atoms with Gasteiger partial charge in [-0.05, 0) is 22.9 Å². The van der Waals surface area contributed by atoms with E-state index in [-0.39, 0.29) is 0 Å². The second kappa shape index (κ2) is 4.75. The first-order valence-corrected chi connectivity index (χ1v) is 9.45. The van der Waals surface area contributed by atoms with Crippen molar-refractivity contribution in [3.63, 3.8) is 0 Å². The van der Waals surface area contributed by atoms with Gasteiger partial charge in [0, 0.05) is 6.20 Å². The Hall–Kier alpha value is -1.92. The van der Waals surface area contributed by atoms with Crippen LogP contribution in [0.15, 0.2) is 42.6 Å². The zero-order valence-corrected chi connectivity index (χ0v) is 11.9. The van der Waals surface area contributed by atoms with E-state index in [0.29, 0.717) is 5.69 Å². The van der Waals surface area contributed by atoms with Crippen LogP contribution in [-0.2, 0) is 0 Å². The lowest BCUT2D eigenvalue weighted by atomic mass is 10.1. The Balaban J connectivity index is 2.38. The summed E-state index contributed by atoms with van der Waals surface area (Å²) in [6.45, 7) is 14.0. The van der Waals surface area contributed by atoms with Crippen LogP contribution in [0.5, 0.6) is 0 Å². The maximum Gasteiger partial charge on any atom is 0.187 e. The van der Waals surface area contributed by atoms with Crippen molar-refractivity contribution in [3.05, 3.63) is 54.0 Å². The van der Waals surface area contributed by atoms with Crippen LogP contribution in [0.1, 0.15) is 0 Å². The lowest BCUT2D eigenvalue weighted by Crippen LogP contribution is -2.37. The molecule has 0 amide bonds. The fraction of sp³-hybridized carbons (Fsp3) is 0.200. The van der Waals surface area contributed by atoms with Crippen molar-refractivity contribution in [2.45, 2.75) is 19.6 Å². The second-order valence-electron chi connectivity index (χ2n) is 5.34. The molecule has 0 aliphatic rings. The molecule has 0 radical (unpaired) electrons. The topological polar surface area (TPSA) is 17.2 Å². The summed E-state index contributed by atoms with van der Waals surface area (Å²) in [5.41, 5.74) is 2.59. The smallest absolute Gasteiger partial charge is 0.187 e. The predicted octanol–water partition coefficient (Wildman–Crippen LogP) is 3.84. The van der Waals surface area contributed by atoms with Crippen LogP contribution in [0.25, 0.3) is 16.1 Å². The molecule has 90 valence electrons. The van der Waals surface area contributed by atoms with Gasteiger partial charge in [0.05, 0.1) is 20.3 Å². The van der Waals surface area contributed by atoms with Crippen LogP contribution in [-0.4, -0.2) is 13.1 Å². The van der Waals surface area contributed by atoms with Gasteiger partial charge < -0.3 is 0 Å². The number of hydrogen-bond acceptors (Lipinski definition) is 1. The standard InChI is InChI=1S/C15H16N2Si/c1-16-13-7-5-6-12(10-13)15-9-8-14(11-17-15)18(2,3)4/h5-11H,2-4H3. The van der Waals surface area contributed by atoms with Gasteiger partial charge in [0.1, 0.15) is 0 Å². The number of hydrogen-bond donors (Lipinski definition) is 0. The van der Waals surface area contributed by atoms with E-state index < -0.39 is 8.07 Å². The van der Waals surface area contributed by atoms with E-state index in [1.54, 1.807) is 0 Å². The molecular weight excluding hydrogens is 236 g/mol. The summed E-state index contributed by atoms with van der Waals surface area (Å²) in [5.74, 6) is 0. The summed E-state index contributed by atoms with van der Waals surface area (Å²) in [7, 11) is -1.29. The molecule has 0 aliphatic heterocycles. The predicted molar refractivity (Wildman–Crippen MR) is 78.9 cm³/mol. The summed E-state index contributed by atoms with van der Waals surface area (Å²) in [5, 5.41) is 1.35. The molecule has 2 rings (SSSR count). The first-order valence-electron chi connectivity index (χ1n) is 5.95. The molecule has 1 aromatic carbocycles. The van der Waals surface area contributed by atoms with Gasteiger partial charge in [-0.1, -0.05) is 43.9 Å². The molecule has 0 fully saturated rings. The van der Waals surface area contributed by atoms with Crippen molar-refractivity contribution in [1.29, 1.82) is 0 Å². The average Bonchev–Trinajstić information content (AvgIpc) is 2.38. The molecule has 0 aliphatic carbocycles. The highest BCUT2D eigenvalue weighted by molar-refractivity contribution is 6.88. The molecule has 2 aromatic rings. The van der Waals surface area contributed by atoms with E-state index >= 15 is 0 Å². The van der Waals surface area contributed by atoms with Gasteiger partial charge in [-0.25, -0.2) is 4.85 Å². The van der Waals surface area contributed by atoms with Crippen molar-refractivity contribution in [2.75, 3.05) is 0 Å². The van der Waals surface area contributed by atoms with Gasteiger partial charge in [-0.15, -0.1) is 0 Å². The van der Waals surface area contributed by atoms with Crippen LogP contribution in [0.2, 0.25) is 19.6 Å². The maximum atomic E-state index is 7.03. The van der Waals surface area contributed by atoms with Gasteiger partial charge in [0.25, 0.3) is 0 Å². The van der Waals surface area contributed by atoms with E-state index in [0.717, 1.165) is 11.3 Å². The van der Waals surface area contributed by atoms with Crippen molar-refractivity contribution in [2.24, 2.45) is 0 Å². The molecule has 0 saturated heterocycles. The van der Waals surface area contributed by atoms with Crippen LogP contribution < -0.4 is 5.19 Å². The number of rotatable bonds is 2. The number of benzene rings is 1. The fourth-order valence-electron chi connectivity index (χ4n) is 1.74. The first-order chi connectivity index (χ1) is 8.50. The first kappa shape index (κ1) is 12.5. The number of nitrogens with zero attached hydrogens (tertiary/aromatic N) is 2. The van der Waals surface area contributed by atoms with E-state index in [1.165, 1.54) is 5.19 Å². The van der Waals surface area contributed by atoms with Crippen LogP contribution >= 0.6 is 0 Å². The molecule has 0 N–H and O–H groups in total. The van der Waals surface area contributed by atoms with Crippen molar-refractivity contribution in [3.8, 4) is 11.3 Å². The third-order valence-electron chi connectivity index (χ3n) is 2.90. The van der Waals surface area contributed by atoms with Crippen molar-refractivity contribution < 1.29 is 0 Å². The molecule has 3 heteroatoms. The molecule has 1 aromatic heterocycles. The fourth-order valence-corrected chi connectivity index (χ4v) is 2.78. The SMILES string of the molecule is [C-]#[N+]c1cccc(-c2ccc([Si](C)(C)C)cn2)c1. The molecule has 0 unspecified atom stereocenters. The van der Waals surface area contributed by atoms with Crippen LogP contribution in [0.3, 0.4) is 0 Å². The zero-order valence-electron chi connectivity index (χ0n) is 10.9. The minimum atomic E-state index is -1.29. The summed E-state index contributed by atoms with van der Waals surface area (Å²) in [6, 6.07) is 11.8. The van der Waals surface area contributed by atoms with Gasteiger partial charge in [0.2, 0.25) is 0 Å². The number of pyridine rings is 1. The Morgan fingerprint density at radius 1 is 1.11 bits per heavy atom. The highest BCUT2D eigenvalue weighted by atomic mass is 28.3. The Labute approximate surface area is 109 Å². The van der Waals surface area contributed by atoms with Crippen molar-refractivity contribution >= 4 is 18.9 Å². The van der Waals surface area contributed by atoms with E-state index in [4.69, 9.17) is 6.57 Å². The van der Waals surface area contributed by atoms with E-state index in [1.807, 2.05) is 30.5 Å². The van der Waals surface area contributed by atoms with Gasteiger partial charge in [-0.2, -0.15) is 0 Å². The minimum absolute atomic E-state index is 0.656. The molecular formula is C15H16N2Si. The Morgan fingerprint density at radius 2 is 1.89 bits per heavy atom. The third-order valence-corrected chi connectivity index (χ3v) is 4.93. The molecule has 18 heavy (non-hydrogen) atoms. The lowest BCUT2D eigenvalue weighted by molar-refractivity contribution is 1.34. The Bertz CT molecular complexity index is 589. The zero-order chi connectivity index (χ0) is 13.2. The minimum Gasteiger partial charge on any atom is -0.256 e. The monoisotopic (exact) mass is 252 g/mol. The normalized spacial score (nSPS) is 11.0. The van der Waals surface area contributed by atoms with Crippen molar-refractivity contribution in [1.82, 2.24) is 4.98 Å². The van der Waals surface area contributed by atoms with Gasteiger partial charge >= 0.3 is 0 Å². The third kappa shape index (κ3) is 2.66. The van der Waals surface area contributed by atoms with Gasteiger partial charge in [0.15, 0.2) is 5.69 Å². The Morgan fingerprint density at radius 3 is 2.44 bits per heavy atom. The maximum absolute atomic E-state index is 7.03. The molecule has 1 heterocycles. The highest BCUT2D eigenvalue weighted by Crippen LogP contribution is 2.22. The summed E-state index contributed by atoms with van der Waals surface area (Å²) >= 11 is 0. The summed E-state index contributed by atoms with van der Waals surface area (Å²) in [6.07, 6.45) is 1.98. The average molecular weight is 252 g/mol. The van der Waals surface area contributed by atoms with E-state index in [2.05, 4.69) is 41.6 Å². The summed E-state index contributed by atoms with van der Waals surface area (Å²) < 4.78 is 0. The van der Waals surface area contributed by atoms with Gasteiger partial charge in [-0.3, -0.25) is 4.98 Å². The molecule has 2 nitrogen and oxygen atoms in total. The molecule has 0 saturated carbocycles. The van der Waals surface area contributed by atoms with Crippen LogP contribution in [0.4, 0.5) is 5.69 Å². The molecule has 0 atom stereocenters. The largest absolute Gasteiger partial charge is 0.256 e. The quantitative estimate of drug-likeness (QED) is 0.586. The van der Waals surface area contributed by atoms with E-state index in [9.17, 15) is 0 Å². The number of aromatic nitrogens is 1. The van der Waals surface area contributed by atoms with Crippen LogP contribution in [0, 0.1) is 6.57 Å². The molecule has 0 spiro atoms.